The van der Waals surface area contributed by atoms with E-state index in [1.54, 1.807) is 22.7 Å². The fourth-order valence-corrected chi connectivity index (χ4v) is 4.91. The van der Waals surface area contributed by atoms with Crippen molar-refractivity contribution in [2.24, 2.45) is 0 Å². The van der Waals surface area contributed by atoms with Crippen LogP contribution in [0.5, 0.6) is 0 Å². The average molecular weight is 363 g/mol. The second-order valence-corrected chi connectivity index (χ2v) is 8.03. The molecule has 2 aromatic heterocycles. The highest BCUT2D eigenvalue weighted by Gasteiger charge is 2.18. The predicted molar refractivity (Wildman–Crippen MR) is 102 cm³/mol. The number of hydrogen-bond acceptors (Lipinski definition) is 5. The van der Waals surface area contributed by atoms with Gasteiger partial charge in [0.25, 0.3) is 0 Å². The Morgan fingerprint density at radius 1 is 1.08 bits per heavy atom. The number of aromatic nitrogens is 2. The van der Waals surface area contributed by atoms with Gasteiger partial charge in [-0.25, -0.2) is 9.97 Å². The molecule has 0 saturated carbocycles. The number of nitrogens with one attached hydrogen (secondary N) is 1. The summed E-state index contributed by atoms with van der Waals surface area (Å²) in [5.41, 5.74) is 5.03. The average Bonchev–Trinajstić information content (AvgIpc) is 3.30. The first-order chi connectivity index (χ1) is 12.2. The van der Waals surface area contributed by atoms with Crippen molar-refractivity contribution in [3.63, 3.8) is 0 Å². The molecule has 25 heavy (non-hydrogen) atoms. The number of nitrogens with zero attached hydrogens (tertiary/aromatic N) is 2. The van der Waals surface area contributed by atoms with Crippen LogP contribution in [0.1, 0.15) is 15.6 Å². The van der Waals surface area contributed by atoms with E-state index in [9.17, 15) is 4.79 Å². The first-order valence-electron chi connectivity index (χ1n) is 7.96. The predicted octanol–water partition coefficient (Wildman–Crippen LogP) is 4.51. The van der Waals surface area contributed by atoms with Gasteiger partial charge < -0.3 is 5.32 Å². The number of benzene rings is 2. The molecule has 0 unspecified atom stereocenters. The van der Waals surface area contributed by atoms with Crippen molar-refractivity contribution < 1.29 is 4.79 Å². The van der Waals surface area contributed by atoms with E-state index < -0.39 is 0 Å². The van der Waals surface area contributed by atoms with Gasteiger partial charge in [0.2, 0.25) is 5.91 Å². The molecular formula is C19H13N3OS2. The van der Waals surface area contributed by atoms with E-state index in [1.807, 2.05) is 30.3 Å². The van der Waals surface area contributed by atoms with Crippen LogP contribution in [0.3, 0.4) is 0 Å². The molecule has 4 nitrogen and oxygen atoms in total. The summed E-state index contributed by atoms with van der Waals surface area (Å²) in [5.74, 6) is 0.0574. The van der Waals surface area contributed by atoms with Crippen LogP contribution in [0, 0.1) is 0 Å². The van der Waals surface area contributed by atoms with E-state index in [0.717, 1.165) is 44.5 Å². The van der Waals surface area contributed by atoms with Gasteiger partial charge in [-0.1, -0.05) is 18.2 Å². The van der Waals surface area contributed by atoms with E-state index in [4.69, 9.17) is 4.98 Å². The largest absolute Gasteiger partial charge is 0.326 e. The lowest BCUT2D eigenvalue weighted by molar-refractivity contribution is -0.115. The Morgan fingerprint density at radius 3 is 2.92 bits per heavy atom. The molecule has 3 heterocycles. The lowest BCUT2D eigenvalue weighted by atomic mass is 10.1. The Kier molecular flexibility index (Phi) is 3.39. The summed E-state index contributed by atoms with van der Waals surface area (Å²) in [6.45, 7) is 0. The topological polar surface area (TPSA) is 54.9 Å². The summed E-state index contributed by atoms with van der Waals surface area (Å²) >= 11 is 3.38. The molecule has 6 heteroatoms. The van der Waals surface area contributed by atoms with Gasteiger partial charge in [0, 0.05) is 16.6 Å². The lowest BCUT2D eigenvalue weighted by Gasteiger charge is -2.01. The van der Waals surface area contributed by atoms with Gasteiger partial charge in [-0.05, 0) is 29.8 Å². The number of hydrogen-bond donors (Lipinski definition) is 1. The first kappa shape index (κ1) is 14.7. The van der Waals surface area contributed by atoms with Gasteiger partial charge in [0.15, 0.2) is 0 Å². The second-order valence-electron chi connectivity index (χ2n) is 5.98. The molecule has 1 aliphatic heterocycles. The Bertz CT molecular complexity index is 1080. The molecule has 0 radical (unpaired) electrons. The molecule has 0 saturated heterocycles. The molecule has 0 spiro atoms. The molecule has 4 aromatic rings. The fraction of sp³-hybridized carbons (Fsp3) is 0.105. The van der Waals surface area contributed by atoms with Crippen LogP contribution in [0.2, 0.25) is 0 Å². The maximum Gasteiger partial charge on any atom is 0.228 e. The summed E-state index contributed by atoms with van der Waals surface area (Å²) in [6, 6.07) is 14.2. The van der Waals surface area contributed by atoms with Gasteiger partial charge in [-0.3, -0.25) is 4.79 Å². The van der Waals surface area contributed by atoms with E-state index in [0.29, 0.717) is 6.42 Å². The summed E-state index contributed by atoms with van der Waals surface area (Å²) < 4.78 is 1.21. The SMILES string of the molecule is O=C1Cc2cc(-c3csc(Cc4nc5ccccc5s4)n3)ccc2N1. The third-order valence-electron chi connectivity index (χ3n) is 4.22. The van der Waals surface area contributed by atoms with Crippen LogP contribution in [-0.4, -0.2) is 15.9 Å². The summed E-state index contributed by atoms with van der Waals surface area (Å²) in [6.07, 6.45) is 1.21. The van der Waals surface area contributed by atoms with Crippen LogP contribution in [0.15, 0.2) is 47.8 Å². The zero-order valence-corrected chi connectivity index (χ0v) is 14.8. The van der Waals surface area contributed by atoms with Crippen LogP contribution in [0.25, 0.3) is 21.5 Å². The number of anilines is 1. The minimum absolute atomic E-state index is 0.0574. The van der Waals surface area contributed by atoms with Crippen LogP contribution in [-0.2, 0) is 17.6 Å². The molecule has 0 atom stereocenters. The molecule has 5 rings (SSSR count). The maximum atomic E-state index is 11.5. The number of amides is 1. The third-order valence-corrected chi connectivity index (χ3v) is 6.10. The van der Waals surface area contributed by atoms with E-state index >= 15 is 0 Å². The highest BCUT2D eigenvalue weighted by molar-refractivity contribution is 7.18. The van der Waals surface area contributed by atoms with Gasteiger partial charge >= 0.3 is 0 Å². The van der Waals surface area contributed by atoms with Crippen molar-refractivity contribution >= 4 is 44.5 Å². The lowest BCUT2D eigenvalue weighted by Crippen LogP contribution is -2.03. The standard InChI is InChI=1S/C19H13N3OS2/c23-17-8-12-7-11(5-6-13(12)20-17)15-10-24-18(22-15)9-19-21-14-3-1-2-4-16(14)25-19/h1-7,10H,8-9H2,(H,20,23). The number of rotatable bonds is 3. The van der Waals surface area contributed by atoms with Gasteiger partial charge in [0.05, 0.1) is 28.8 Å². The number of carbonyl (C=O) groups is 1. The Hall–Kier alpha value is -2.57. The summed E-state index contributed by atoms with van der Waals surface area (Å²) in [5, 5.41) is 7.09. The highest BCUT2D eigenvalue weighted by atomic mass is 32.1. The molecule has 1 N–H and O–H groups in total. The Balaban J connectivity index is 1.42. The fourth-order valence-electron chi connectivity index (χ4n) is 3.04. The molecule has 1 amide bonds. The molecular weight excluding hydrogens is 350 g/mol. The van der Waals surface area contributed by atoms with Crippen molar-refractivity contribution in [1.29, 1.82) is 0 Å². The van der Waals surface area contributed by atoms with Crippen molar-refractivity contribution in [3.05, 3.63) is 63.4 Å². The van der Waals surface area contributed by atoms with Crippen molar-refractivity contribution in [1.82, 2.24) is 9.97 Å². The van der Waals surface area contributed by atoms with Crippen LogP contribution in [0.4, 0.5) is 5.69 Å². The van der Waals surface area contributed by atoms with Crippen molar-refractivity contribution in [3.8, 4) is 11.3 Å². The van der Waals surface area contributed by atoms with Gasteiger partial charge in [-0.15, -0.1) is 22.7 Å². The van der Waals surface area contributed by atoms with E-state index in [1.165, 1.54) is 4.70 Å². The minimum atomic E-state index is 0.0574. The quantitative estimate of drug-likeness (QED) is 0.583. The first-order valence-corrected chi connectivity index (χ1v) is 9.66. The molecule has 122 valence electrons. The van der Waals surface area contributed by atoms with Gasteiger partial charge in [-0.2, -0.15) is 0 Å². The molecule has 0 fully saturated rings. The summed E-state index contributed by atoms with van der Waals surface area (Å²) in [7, 11) is 0. The van der Waals surface area contributed by atoms with E-state index in [2.05, 4.69) is 27.8 Å². The normalized spacial score (nSPS) is 13.2. The van der Waals surface area contributed by atoms with Crippen molar-refractivity contribution in [2.45, 2.75) is 12.8 Å². The molecule has 0 bridgehead atoms. The second kappa shape index (κ2) is 5.75. The van der Waals surface area contributed by atoms with Crippen LogP contribution < -0.4 is 5.32 Å². The monoisotopic (exact) mass is 363 g/mol. The van der Waals surface area contributed by atoms with Gasteiger partial charge in [0.1, 0.15) is 10.0 Å². The van der Waals surface area contributed by atoms with Crippen molar-refractivity contribution in [2.75, 3.05) is 5.32 Å². The molecule has 0 aliphatic carbocycles. The maximum absolute atomic E-state index is 11.5. The third kappa shape index (κ3) is 2.73. The zero-order chi connectivity index (χ0) is 16.8. The number of para-hydroxylation sites is 1. The number of carbonyl (C=O) groups excluding carboxylic acids is 1. The molecule has 2 aromatic carbocycles. The Morgan fingerprint density at radius 2 is 2.00 bits per heavy atom. The number of fused-ring (bicyclic) bond motifs is 2. The smallest absolute Gasteiger partial charge is 0.228 e. The summed E-state index contributed by atoms with van der Waals surface area (Å²) in [4.78, 5) is 21.0. The molecule has 1 aliphatic rings. The van der Waals surface area contributed by atoms with E-state index in [-0.39, 0.29) is 5.91 Å². The Labute approximate surface area is 152 Å². The highest BCUT2D eigenvalue weighted by Crippen LogP contribution is 2.31. The number of thiazole rings is 2. The van der Waals surface area contributed by atoms with Crippen LogP contribution >= 0.6 is 22.7 Å². The minimum Gasteiger partial charge on any atom is -0.326 e. The zero-order valence-electron chi connectivity index (χ0n) is 13.2.